The van der Waals surface area contributed by atoms with Crippen molar-refractivity contribution >= 4 is 33.2 Å². The van der Waals surface area contributed by atoms with Gasteiger partial charge in [0, 0.05) is 13.6 Å². The number of carbonyl (C=O) groups is 1. The molecule has 0 saturated carbocycles. The van der Waals surface area contributed by atoms with Gasteiger partial charge in [0.2, 0.25) is 5.91 Å². The average Bonchev–Trinajstić information content (AvgIpc) is 2.79. The van der Waals surface area contributed by atoms with Gasteiger partial charge in [0.1, 0.15) is 6.54 Å². The summed E-state index contributed by atoms with van der Waals surface area (Å²) in [6, 6.07) is 17.4. The molecule has 0 unspecified atom stereocenters. The Morgan fingerprint density at radius 2 is 1.59 bits per heavy atom. The van der Waals surface area contributed by atoms with Crippen LogP contribution in [0, 0.1) is 6.92 Å². The standard InChI is InChI=1S/C24H22ClF3N2O3S/c1-17-8-10-18(11-9-17)15-29(2)23(31)16-30(34(32,33)20-6-4-3-5-7-20)19-12-13-22(25)21(14-19)24(26,27)28/h3-14H,15-16H2,1-2H3. The van der Waals surface area contributed by atoms with Gasteiger partial charge in [-0.15, -0.1) is 0 Å². The molecule has 0 aliphatic rings. The molecule has 34 heavy (non-hydrogen) atoms. The third-order valence-corrected chi connectivity index (χ3v) is 7.24. The predicted octanol–water partition coefficient (Wildman–Crippen LogP) is 5.52. The van der Waals surface area contributed by atoms with Crippen molar-refractivity contribution in [2.45, 2.75) is 24.5 Å². The molecule has 0 bridgehead atoms. The van der Waals surface area contributed by atoms with Crippen LogP contribution in [0.15, 0.2) is 77.7 Å². The summed E-state index contributed by atoms with van der Waals surface area (Å²) in [6.07, 6.45) is -4.80. The fourth-order valence-electron chi connectivity index (χ4n) is 3.22. The number of carbonyl (C=O) groups excluding carboxylic acids is 1. The summed E-state index contributed by atoms with van der Waals surface area (Å²) in [6.45, 7) is 1.43. The number of aryl methyl sites for hydroxylation is 1. The second-order valence-corrected chi connectivity index (χ2v) is 9.99. The first-order valence-electron chi connectivity index (χ1n) is 10.1. The van der Waals surface area contributed by atoms with E-state index in [0.717, 1.165) is 23.3 Å². The molecule has 0 atom stereocenters. The molecule has 0 aliphatic heterocycles. The molecule has 0 saturated heterocycles. The number of alkyl halides is 3. The fraction of sp³-hybridized carbons (Fsp3) is 0.208. The lowest BCUT2D eigenvalue weighted by atomic mass is 10.1. The van der Waals surface area contributed by atoms with Crippen LogP contribution in [0.5, 0.6) is 0 Å². The molecule has 3 rings (SSSR count). The number of amides is 1. The quantitative estimate of drug-likeness (QED) is 0.420. The van der Waals surface area contributed by atoms with Crippen LogP contribution in [-0.2, 0) is 27.5 Å². The van der Waals surface area contributed by atoms with Crippen molar-refractivity contribution in [3.05, 3.63) is 94.5 Å². The van der Waals surface area contributed by atoms with E-state index < -0.39 is 39.2 Å². The molecular weight excluding hydrogens is 489 g/mol. The SMILES string of the molecule is Cc1ccc(CN(C)C(=O)CN(c2ccc(Cl)c(C(F)(F)F)c2)S(=O)(=O)c2ccccc2)cc1. The first kappa shape index (κ1) is 25.6. The van der Waals surface area contributed by atoms with Crippen LogP contribution in [0.25, 0.3) is 0 Å². The van der Waals surface area contributed by atoms with Crippen LogP contribution in [0.2, 0.25) is 5.02 Å². The molecule has 3 aromatic carbocycles. The summed E-state index contributed by atoms with van der Waals surface area (Å²) in [5.41, 5.74) is 0.351. The normalized spacial score (nSPS) is 11.8. The smallest absolute Gasteiger partial charge is 0.340 e. The highest BCUT2D eigenvalue weighted by molar-refractivity contribution is 7.92. The molecule has 3 aromatic rings. The molecule has 0 spiro atoms. The molecule has 5 nitrogen and oxygen atoms in total. The van der Waals surface area contributed by atoms with Gasteiger partial charge < -0.3 is 4.90 Å². The van der Waals surface area contributed by atoms with E-state index in [1.165, 1.54) is 36.2 Å². The zero-order valence-corrected chi connectivity index (χ0v) is 20.0. The van der Waals surface area contributed by atoms with Crippen molar-refractivity contribution in [1.29, 1.82) is 0 Å². The topological polar surface area (TPSA) is 57.7 Å². The Morgan fingerprint density at radius 1 is 0.971 bits per heavy atom. The Balaban J connectivity index is 1.99. The third-order valence-electron chi connectivity index (χ3n) is 5.12. The van der Waals surface area contributed by atoms with Crippen molar-refractivity contribution in [1.82, 2.24) is 4.90 Å². The van der Waals surface area contributed by atoms with Crippen LogP contribution < -0.4 is 4.31 Å². The second-order valence-electron chi connectivity index (χ2n) is 7.72. The predicted molar refractivity (Wildman–Crippen MR) is 125 cm³/mol. The van der Waals surface area contributed by atoms with Gasteiger partial charge in [-0.3, -0.25) is 9.10 Å². The Bertz CT molecular complexity index is 1260. The number of hydrogen-bond acceptors (Lipinski definition) is 3. The Labute approximate surface area is 201 Å². The van der Waals surface area contributed by atoms with Gasteiger partial charge in [-0.05, 0) is 42.8 Å². The zero-order chi connectivity index (χ0) is 25.1. The van der Waals surface area contributed by atoms with E-state index in [0.29, 0.717) is 10.4 Å². The van der Waals surface area contributed by atoms with Crippen molar-refractivity contribution in [2.24, 2.45) is 0 Å². The Hall–Kier alpha value is -3.04. The van der Waals surface area contributed by atoms with Crippen molar-refractivity contribution in [2.75, 3.05) is 17.9 Å². The minimum atomic E-state index is -4.80. The maximum absolute atomic E-state index is 13.4. The summed E-state index contributed by atoms with van der Waals surface area (Å²) in [5, 5.41) is -0.573. The van der Waals surface area contributed by atoms with E-state index in [-0.39, 0.29) is 17.1 Å². The lowest BCUT2D eigenvalue weighted by Gasteiger charge is -2.27. The van der Waals surface area contributed by atoms with Gasteiger partial charge in [0.25, 0.3) is 10.0 Å². The monoisotopic (exact) mass is 510 g/mol. The molecule has 0 heterocycles. The Morgan fingerprint density at radius 3 is 2.18 bits per heavy atom. The number of sulfonamides is 1. The Kier molecular flexibility index (Phi) is 7.57. The van der Waals surface area contributed by atoms with E-state index in [9.17, 15) is 26.4 Å². The molecule has 0 N–H and O–H groups in total. The summed E-state index contributed by atoms with van der Waals surface area (Å²) in [4.78, 5) is 14.2. The number of anilines is 1. The van der Waals surface area contributed by atoms with Crippen molar-refractivity contribution in [3.63, 3.8) is 0 Å². The first-order valence-corrected chi connectivity index (χ1v) is 12.0. The average molecular weight is 511 g/mol. The minimum Gasteiger partial charge on any atom is -0.340 e. The van der Waals surface area contributed by atoms with Crippen LogP contribution in [-0.4, -0.2) is 32.8 Å². The highest BCUT2D eigenvalue weighted by atomic mass is 35.5. The summed E-state index contributed by atoms with van der Waals surface area (Å²) >= 11 is 5.71. The highest BCUT2D eigenvalue weighted by Gasteiger charge is 2.35. The van der Waals surface area contributed by atoms with E-state index in [1.54, 1.807) is 6.07 Å². The molecule has 0 aromatic heterocycles. The van der Waals surface area contributed by atoms with Crippen LogP contribution in [0.3, 0.4) is 0 Å². The minimum absolute atomic E-state index is 0.160. The largest absolute Gasteiger partial charge is 0.417 e. The molecule has 180 valence electrons. The van der Waals surface area contributed by atoms with Crippen LogP contribution in [0.4, 0.5) is 18.9 Å². The van der Waals surface area contributed by atoms with Crippen molar-refractivity contribution < 1.29 is 26.4 Å². The van der Waals surface area contributed by atoms with Crippen molar-refractivity contribution in [3.8, 4) is 0 Å². The lowest BCUT2D eigenvalue weighted by molar-refractivity contribution is -0.137. The van der Waals surface area contributed by atoms with Gasteiger partial charge in [-0.25, -0.2) is 8.42 Å². The molecule has 0 fully saturated rings. The van der Waals surface area contributed by atoms with Gasteiger partial charge in [0.15, 0.2) is 0 Å². The highest BCUT2D eigenvalue weighted by Crippen LogP contribution is 2.38. The maximum atomic E-state index is 13.4. The van der Waals surface area contributed by atoms with Gasteiger partial charge in [-0.1, -0.05) is 59.6 Å². The number of hydrogen-bond donors (Lipinski definition) is 0. The van der Waals surface area contributed by atoms with E-state index >= 15 is 0 Å². The molecule has 0 aliphatic carbocycles. The maximum Gasteiger partial charge on any atom is 0.417 e. The number of halogens is 4. The lowest BCUT2D eigenvalue weighted by Crippen LogP contribution is -2.41. The number of rotatable bonds is 7. The van der Waals surface area contributed by atoms with Crippen LogP contribution >= 0.6 is 11.6 Å². The molecular formula is C24H22ClF3N2O3S. The first-order chi connectivity index (χ1) is 15.9. The van der Waals surface area contributed by atoms with Gasteiger partial charge >= 0.3 is 6.18 Å². The summed E-state index contributed by atoms with van der Waals surface area (Å²) < 4.78 is 67.8. The summed E-state index contributed by atoms with van der Waals surface area (Å²) in [7, 11) is -2.86. The zero-order valence-electron chi connectivity index (χ0n) is 18.4. The van der Waals surface area contributed by atoms with Gasteiger partial charge in [0.05, 0.1) is 21.2 Å². The van der Waals surface area contributed by atoms with E-state index in [1.807, 2.05) is 31.2 Å². The fourth-order valence-corrected chi connectivity index (χ4v) is 4.87. The van der Waals surface area contributed by atoms with Gasteiger partial charge in [-0.2, -0.15) is 13.2 Å². The van der Waals surface area contributed by atoms with Crippen LogP contribution in [0.1, 0.15) is 16.7 Å². The second kappa shape index (κ2) is 10.1. The molecule has 10 heteroatoms. The number of benzene rings is 3. The van der Waals surface area contributed by atoms with E-state index in [2.05, 4.69) is 0 Å². The molecule has 1 amide bonds. The summed E-state index contributed by atoms with van der Waals surface area (Å²) in [5.74, 6) is -0.594. The third kappa shape index (κ3) is 5.90. The number of likely N-dealkylation sites (N-methyl/N-ethyl adjacent to an activating group) is 1. The number of nitrogens with zero attached hydrogens (tertiary/aromatic N) is 2. The molecule has 0 radical (unpaired) electrons. The van der Waals surface area contributed by atoms with E-state index in [4.69, 9.17) is 11.6 Å².